The van der Waals surface area contributed by atoms with Crippen LogP contribution < -0.4 is 5.73 Å². The van der Waals surface area contributed by atoms with Crippen molar-refractivity contribution in [3.05, 3.63) is 0 Å². The number of sulfone groups is 1. The summed E-state index contributed by atoms with van der Waals surface area (Å²) in [5.41, 5.74) is 4.71. The SMILES string of the molecule is CC(F)(F)CC1(N)CCS(=O)(=O)CC1. The van der Waals surface area contributed by atoms with Crippen LogP contribution in [0.1, 0.15) is 26.2 Å². The molecule has 1 fully saturated rings. The van der Waals surface area contributed by atoms with Gasteiger partial charge >= 0.3 is 0 Å². The molecule has 0 unspecified atom stereocenters. The van der Waals surface area contributed by atoms with Crippen molar-refractivity contribution in [2.45, 2.75) is 37.6 Å². The largest absolute Gasteiger partial charge is 0.325 e. The van der Waals surface area contributed by atoms with Crippen LogP contribution in [0.15, 0.2) is 0 Å². The van der Waals surface area contributed by atoms with E-state index in [1.54, 1.807) is 0 Å². The van der Waals surface area contributed by atoms with Crippen molar-refractivity contribution < 1.29 is 17.2 Å². The van der Waals surface area contributed by atoms with E-state index in [0.717, 1.165) is 6.92 Å². The molecule has 84 valence electrons. The number of alkyl halides is 2. The van der Waals surface area contributed by atoms with Crippen molar-refractivity contribution in [1.82, 2.24) is 0 Å². The number of hydrogen-bond donors (Lipinski definition) is 1. The minimum atomic E-state index is -3.03. The van der Waals surface area contributed by atoms with Gasteiger partial charge in [-0.2, -0.15) is 0 Å². The maximum absolute atomic E-state index is 12.7. The highest BCUT2D eigenvalue weighted by Gasteiger charge is 2.40. The van der Waals surface area contributed by atoms with E-state index in [0.29, 0.717) is 0 Å². The molecule has 2 N–H and O–H groups in total. The van der Waals surface area contributed by atoms with Crippen molar-refractivity contribution in [2.75, 3.05) is 11.5 Å². The Morgan fingerprint density at radius 1 is 1.36 bits per heavy atom. The molecule has 0 aromatic rings. The molecule has 1 heterocycles. The predicted molar refractivity (Wildman–Crippen MR) is 50.0 cm³/mol. The quantitative estimate of drug-likeness (QED) is 0.763. The van der Waals surface area contributed by atoms with Crippen LogP contribution in [0, 0.1) is 0 Å². The van der Waals surface area contributed by atoms with Crippen LogP contribution in [0.2, 0.25) is 0 Å². The first kappa shape index (κ1) is 11.8. The summed E-state index contributed by atoms with van der Waals surface area (Å²) in [5, 5.41) is 0. The highest BCUT2D eigenvalue weighted by atomic mass is 32.2. The van der Waals surface area contributed by atoms with E-state index >= 15 is 0 Å². The summed E-state index contributed by atoms with van der Waals surface area (Å²) in [5.74, 6) is -2.96. The van der Waals surface area contributed by atoms with Crippen LogP contribution in [-0.4, -0.2) is 31.4 Å². The molecular weight excluding hydrogens is 212 g/mol. The van der Waals surface area contributed by atoms with Gasteiger partial charge < -0.3 is 5.73 Å². The third-order valence-corrected chi connectivity index (χ3v) is 4.14. The second-order valence-corrected chi connectivity index (χ2v) is 6.56. The molecule has 0 amide bonds. The van der Waals surface area contributed by atoms with Crippen molar-refractivity contribution in [2.24, 2.45) is 5.73 Å². The molecule has 1 saturated heterocycles. The zero-order valence-corrected chi connectivity index (χ0v) is 8.91. The Kier molecular flexibility index (Phi) is 2.89. The summed E-state index contributed by atoms with van der Waals surface area (Å²) >= 11 is 0. The summed E-state index contributed by atoms with van der Waals surface area (Å²) in [4.78, 5) is 0. The third kappa shape index (κ3) is 3.49. The standard InChI is InChI=1S/C8H15F2NO2S/c1-7(9,10)6-8(11)2-4-14(12,13)5-3-8/h2-6,11H2,1H3. The Morgan fingerprint density at radius 3 is 2.14 bits per heavy atom. The predicted octanol–water partition coefficient (Wildman–Crippen LogP) is 0.938. The van der Waals surface area contributed by atoms with Crippen LogP contribution in [0.3, 0.4) is 0 Å². The summed E-state index contributed by atoms with van der Waals surface area (Å²) in [7, 11) is -3.03. The van der Waals surface area contributed by atoms with Crippen molar-refractivity contribution >= 4 is 9.84 Å². The Morgan fingerprint density at radius 2 is 1.79 bits per heavy atom. The Balaban J connectivity index is 2.63. The van der Waals surface area contributed by atoms with Gasteiger partial charge in [-0.3, -0.25) is 0 Å². The lowest BCUT2D eigenvalue weighted by Gasteiger charge is -2.35. The molecule has 0 spiro atoms. The normalized spacial score (nSPS) is 26.0. The molecule has 6 heteroatoms. The van der Waals surface area contributed by atoms with Crippen LogP contribution in [0.25, 0.3) is 0 Å². The topological polar surface area (TPSA) is 60.2 Å². The minimum absolute atomic E-state index is 0.0699. The summed E-state index contributed by atoms with van der Waals surface area (Å²) in [6.45, 7) is 0.810. The second kappa shape index (κ2) is 3.41. The van der Waals surface area contributed by atoms with Gasteiger partial charge in [-0.15, -0.1) is 0 Å². The molecule has 0 atom stereocenters. The maximum Gasteiger partial charge on any atom is 0.247 e. The molecular formula is C8H15F2NO2S. The van der Waals surface area contributed by atoms with Gasteiger partial charge in [-0.05, 0) is 19.8 Å². The minimum Gasteiger partial charge on any atom is -0.325 e. The number of rotatable bonds is 2. The molecule has 1 aliphatic rings. The average molecular weight is 227 g/mol. The van der Waals surface area contributed by atoms with Crippen molar-refractivity contribution in [1.29, 1.82) is 0 Å². The van der Waals surface area contributed by atoms with Gasteiger partial charge in [0, 0.05) is 12.0 Å². The van der Waals surface area contributed by atoms with Crippen molar-refractivity contribution in [3.63, 3.8) is 0 Å². The van der Waals surface area contributed by atoms with Gasteiger partial charge in [-0.25, -0.2) is 17.2 Å². The molecule has 14 heavy (non-hydrogen) atoms. The molecule has 0 aromatic carbocycles. The van der Waals surface area contributed by atoms with Gasteiger partial charge in [-0.1, -0.05) is 0 Å². The lowest BCUT2D eigenvalue weighted by molar-refractivity contribution is -0.0112. The van der Waals surface area contributed by atoms with E-state index in [2.05, 4.69) is 0 Å². The van der Waals surface area contributed by atoms with E-state index < -0.39 is 27.7 Å². The fraction of sp³-hybridized carbons (Fsp3) is 1.00. The monoisotopic (exact) mass is 227 g/mol. The summed E-state index contributed by atoms with van der Waals surface area (Å²) in [6.07, 6.45) is -0.160. The second-order valence-electron chi connectivity index (χ2n) is 4.26. The van der Waals surface area contributed by atoms with Gasteiger partial charge in [0.05, 0.1) is 11.5 Å². The van der Waals surface area contributed by atoms with Gasteiger partial charge in [0.2, 0.25) is 5.92 Å². The summed E-state index contributed by atoms with van der Waals surface area (Å²) < 4.78 is 47.6. The summed E-state index contributed by atoms with van der Waals surface area (Å²) in [6, 6.07) is 0. The lowest BCUT2D eigenvalue weighted by Crippen LogP contribution is -2.49. The Hall–Kier alpha value is -0.230. The highest BCUT2D eigenvalue weighted by molar-refractivity contribution is 7.91. The molecule has 0 aliphatic carbocycles. The van der Waals surface area contributed by atoms with E-state index in [1.807, 2.05) is 0 Å². The first-order valence-electron chi connectivity index (χ1n) is 4.49. The highest BCUT2D eigenvalue weighted by Crippen LogP contribution is 2.32. The van der Waals surface area contributed by atoms with Crippen LogP contribution in [0.4, 0.5) is 8.78 Å². The third-order valence-electron chi connectivity index (χ3n) is 2.48. The number of hydrogen-bond acceptors (Lipinski definition) is 3. The number of nitrogens with two attached hydrogens (primary N) is 1. The van der Waals surface area contributed by atoms with Gasteiger partial charge in [0.15, 0.2) is 0 Å². The molecule has 0 bridgehead atoms. The van der Waals surface area contributed by atoms with E-state index in [9.17, 15) is 17.2 Å². The van der Waals surface area contributed by atoms with Crippen LogP contribution in [-0.2, 0) is 9.84 Å². The zero-order valence-electron chi connectivity index (χ0n) is 8.09. The maximum atomic E-state index is 12.7. The fourth-order valence-electron chi connectivity index (χ4n) is 1.74. The molecule has 0 radical (unpaired) electrons. The lowest BCUT2D eigenvalue weighted by atomic mass is 9.87. The van der Waals surface area contributed by atoms with Crippen molar-refractivity contribution in [3.8, 4) is 0 Å². The van der Waals surface area contributed by atoms with Gasteiger partial charge in [0.25, 0.3) is 0 Å². The fourth-order valence-corrected chi connectivity index (χ4v) is 3.38. The molecule has 3 nitrogen and oxygen atoms in total. The van der Waals surface area contributed by atoms with E-state index in [4.69, 9.17) is 5.73 Å². The van der Waals surface area contributed by atoms with Crippen LogP contribution >= 0.6 is 0 Å². The molecule has 0 saturated carbocycles. The number of halogens is 2. The van der Waals surface area contributed by atoms with E-state index in [-0.39, 0.29) is 24.3 Å². The molecule has 0 aromatic heterocycles. The first-order chi connectivity index (χ1) is 6.12. The molecule has 1 aliphatic heterocycles. The first-order valence-corrected chi connectivity index (χ1v) is 6.31. The zero-order chi connectivity index (χ0) is 11.0. The Labute approximate surface area is 82.6 Å². The smallest absolute Gasteiger partial charge is 0.247 e. The Bertz CT molecular complexity index is 294. The van der Waals surface area contributed by atoms with Crippen LogP contribution in [0.5, 0.6) is 0 Å². The molecule has 1 rings (SSSR count). The van der Waals surface area contributed by atoms with E-state index in [1.165, 1.54) is 0 Å². The average Bonchev–Trinajstić information content (AvgIpc) is 1.93. The van der Waals surface area contributed by atoms with Gasteiger partial charge in [0.1, 0.15) is 9.84 Å².